The van der Waals surface area contributed by atoms with Crippen LogP contribution in [0, 0.1) is 0 Å². The SMILES string of the molecule is O=C(c1ccc(S(=O)(=O)N2CCOCC2)cc1)N1CCC(Oc2ccncc2)CC1. The minimum absolute atomic E-state index is 0.0671. The molecule has 0 N–H and O–H groups in total. The predicted molar refractivity (Wildman–Crippen MR) is 110 cm³/mol. The van der Waals surface area contributed by atoms with E-state index in [4.69, 9.17) is 9.47 Å². The van der Waals surface area contributed by atoms with Gasteiger partial charge in [0, 0.05) is 57.0 Å². The predicted octanol–water partition coefficient (Wildman–Crippen LogP) is 1.79. The van der Waals surface area contributed by atoms with Gasteiger partial charge >= 0.3 is 0 Å². The Morgan fingerprint density at radius 2 is 1.60 bits per heavy atom. The minimum Gasteiger partial charge on any atom is -0.490 e. The second-order valence-electron chi connectivity index (χ2n) is 7.33. The number of carbonyl (C=O) groups is 1. The normalized spacial score (nSPS) is 18.9. The van der Waals surface area contributed by atoms with Crippen molar-refractivity contribution in [3.05, 3.63) is 54.4 Å². The number of morpholine rings is 1. The van der Waals surface area contributed by atoms with Crippen molar-refractivity contribution in [1.29, 1.82) is 0 Å². The molecule has 2 aromatic rings. The van der Waals surface area contributed by atoms with E-state index in [0.29, 0.717) is 45.0 Å². The van der Waals surface area contributed by atoms with Crippen molar-refractivity contribution >= 4 is 15.9 Å². The monoisotopic (exact) mass is 431 g/mol. The van der Waals surface area contributed by atoms with Gasteiger partial charge < -0.3 is 14.4 Å². The molecular formula is C21H25N3O5S. The molecule has 30 heavy (non-hydrogen) atoms. The fraction of sp³-hybridized carbons (Fsp3) is 0.429. The standard InChI is InChI=1S/C21H25N3O5S/c25-21(23-11-7-19(8-12-23)29-18-5-9-22-10-6-18)17-1-3-20(4-2-17)30(26,27)24-13-15-28-16-14-24/h1-6,9-10,19H,7-8,11-16H2. The Morgan fingerprint density at radius 3 is 2.23 bits per heavy atom. The first-order valence-electron chi connectivity index (χ1n) is 10.1. The van der Waals surface area contributed by atoms with Crippen molar-refractivity contribution in [2.24, 2.45) is 0 Å². The molecule has 2 fully saturated rings. The molecule has 0 aliphatic carbocycles. The number of carbonyl (C=O) groups excluding carboxylic acids is 1. The van der Waals surface area contributed by atoms with E-state index in [1.165, 1.54) is 16.4 Å². The van der Waals surface area contributed by atoms with E-state index in [9.17, 15) is 13.2 Å². The fourth-order valence-electron chi connectivity index (χ4n) is 3.67. The minimum atomic E-state index is -3.56. The van der Waals surface area contributed by atoms with Crippen LogP contribution in [0.3, 0.4) is 0 Å². The van der Waals surface area contributed by atoms with E-state index in [-0.39, 0.29) is 16.9 Å². The molecule has 0 saturated carbocycles. The lowest BCUT2D eigenvalue weighted by atomic mass is 10.1. The first-order chi connectivity index (χ1) is 14.5. The third-order valence-electron chi connectivity index (χ3n) is 5.39. The van der Waals surface area contributed by atoms with Crippen LogP contribution in [0.1, 0.15) is 23.2 Å². The number of rotatable bonds is 5. The van der Waals surface area contributed by atoms with E-state index in [1.807, 2.05) is 12.1 Å². The van der Waals surface area contributed by atoms with E-state index in [1.54, 1.807) is 29.4 Å². The molecule has 8 nitrogen and oxygen atoms in total. The van der Waals surface area contributed by atoms with E-state index >= 15 is 0 Å². The van der Waals surface area contributed by atoms with Crippen molar-refractivity contribution < 1.29 is 22.7 Å². The van der Waals surface area contributed by atoms with Crippen LogP contribution >= 0.6 is 0 Å². The van der Waals surface area contributed by atoms with Gasteiger partial charge in [-0.15, -0.1) is 0 Å². The first-order valence-corrected chi connectivity index (χ1v) is 11.5. The Balaban J connectivity index is 1.35. The third kappa shape index (κ3) is 4.63. The lowest BCUT2D eigenvalue weighted by molar-refractivity contribution is 0.0595. The fourth-order valence-corrected chi connectivity index (χ4v) is 5.08. The summed E-state index contributed by atoms with van der Waals surface area (Å²) in [6.45, 7) is 2.69. The van der Waals surface area contributed by atoms with E-state index in [0.717, 1.165) is 18.6 Å². The van der Waals surface area contributed by atoms with Gasteiger partial charge in [0.15, 0.2) is 0 Å². The number of piperidine rings is 1. The van der Waals surface area contributed by atoms with Crippen molar-refractivity contribution in [3.8, 4) is 5.75 Å². The highest BCUT2D eigenvalue weighted by Gasteiger charge is 2.28. The van der Waals surface area contributed by atoms with Crippen molar-refractivity contribution in [2.45, 2.75) is 23.8 Å². The zero-order valence-electron chi connectivity index (χ0n) is 16.6. The number of sulfonamides is 1. The molecule has 0 bridgehead atoms. The number of aromatic nitrogens is 1. The Kier molecular flexibility index (Phi) is 6.31. The second-order valence-corrected chi connectivity index (χ2v) is 9.27. The second kappa shape index (κ2) is 9.11. The maximum Gasteiger partial charge on any atom is 0.253 e. The van der Waals surface area contributed by atoms with Crippen LogP contribution in [-0.2, 0) is 14.8 Å². The molecule has 1 aromatic heterocycles. The third-order valence-corrected chi connectivity index (χ3v) is 7.30. The number of benzene rings is 1. The molecule has 0 radical (unpaired) electrons. The molecule has 0 spiro atoms. The van der Waals surface area contributed by atoms with E-state index in [2.05, 4.69) is 4.98 Å². The van der Waals surface area contributed by atoms with Gasteiger partial charge in [-0.2, -0.15) is 4.31 Å². The largest absolute Gasteiger partial charge is 0.490 e. The number of pyridine rings is 1. The molecule has 1 amide bonds. The number of likely N-dealkylation sites (tertiary alicyclic amines) is 1. The molecule has 4 rings (SSSR count). The average Bonchev–Trinajstić information content (AvgIpc) is 2.80. The molecule has 3 heterocycles. The molecule has 2 saturated heterocycles. The van der Waals surface area contributed by atoms with Crippen molar-refractivity contribution in [1.82, 2.24) is 14.2 Å². The van der Waals surface area contributed by atoms with Crippen LogP contribution < -0.4 is 4.74 Å². The molecule has 0 atom stereocenters. The zero-order valence-corrected chi connectivity index (χ0v) is 17.5. The quantitative estimate of drug-likeness (QED) is 0.717. The molecule has 160 valence electrons. The van der Waals surface area contributed by atoms with Crippen LogP contribution in [0.5, 0.6) is 5.75 Å². The van der Waals surface area contributed by atoms with E-state index < -0.39 is 10.0 Å². The number of hydrogen-bond acceptors (Lipinski definition) is 6. The summed E-state index contributed by atoms with van der Waals surface area (Å²) in [6.07, 6.45) is 4.95. The van der Waals surface area contributed by atoms with Gasteiger partial charge in [0.25, 0.3) is 5.91 Å². The average molecular weight is 432 g/mol. The number of amides is 1. The Bertz CT molecular complexity index is 952. The van der Waals surface area contributed by atoms with Gasteiger partial charge in [-0.05, 0) is 36.4 Å². The Hall–Kier alpha value is -2.49. The highest BCUT2D eigenvalue weighted by molar-refractivity contribution is 7.89. The molecular weight excluding hydrogens is 406 g/mol. The maximum atomic E-state index is 12.8. The Morgan fingerprint density at radius 1 is 0.967 bits per heavy atom. The van der Waals surface area contributed by atoms with Gasteiger partial charge in [0.05, 0.1) is 18.1 Å². The van der Waals surface area contributed by atoms with Crippen LogP contribution in [0.2, 0.25) is 0 Å². The van der Waals surface area contributed by atoms with Crippen molar-refractivity contribution in [3.63, 3.8) is 0 Å². The van der Waals surface area contributed by atoms with Gasteiger partial charge in [0.2, 0.25) is 10.0 Å². The summed E-state index contributed by atoms with van der Waals surface area (Å²) in [5, 5.41) is 0. The topological polar surface area (TPSA) is 89.0 Å². The molecule has 2 aliphatic heterocycles. The summed E-state index contributed by atoms with van der Waals surface area (Å²) >= 11 is 0. The van der Waals surface area contributed by atoms with Gasteiger partial charge in [-0.1, -0.05) is 0 Å². The number of nitrogens with zero attached hydrogens (tertiary/aromatic N) is 3. The number of ether oxygens (including phenoxy) is 2. The number of hydrogen-bond donors (Lipinski definition) is 0. The van der Waals surface area contributed by atoms with Crippen molar-refractivity contribution in [2.75, 3.05) is 39.4 Å². The molecule has 2 aliphatic rings. The van der Waals surface area contributed by atoms with Gasteiger partial charge in [0.1, 0.15) is 11.9 Å². The summed E-state index contributed by atoms with van der Waals surface area (Å²) in [6, 6.07) is 9.85. The summed E-state index contributed by atoms with van der Waals surface area (Å²) in [7, 11) is -3.56. The summed E-state index contributed by atoms with van der Waals surface area (Å²) < 4.78 is 38.0. The molecule has 9 heteroatoms. The van der Waals surface area contributed by atoms with Crippen LogP contribution in [0.25, 0.3) is 0 Å². The molecule has 0 unspecified atom stereocenters. The van der Waals surface area contributed by atoms with Gasteiger partial charge in [-0.3, -0.25) is 9.78 Å². The summed E-state index contributed by atoms with van der Waals surface area (Å²) in [4.78, 5) is 18.8. The lowest BCUT2D eigenvalue weighted by Gasteiger charge is -2.32. The van der Waals surface area contributed by atoms with Crippen LogP contribution in [0.15, 0.2) is 53.7 Å². The first kappa shape index (κ1) is 20.8. The zero-order chi connectivity index (χ0) is 21.0. The van der Waals surface area contributed by atoms with Crippen LogP contribution in [0.4, 0.5) is 0 Å². The smallest absolute Gasteiger partial charge is 0.253 e. The highest BCUT2D eigenvalue weighted by atomic mass is 32.2. The Labute approximate surface area is 176 Å². The lowest BCUT2D eigenvalue weighted by Crippen LogP contribution is -2.42. The van der Waals surface area contributed by atoms with Gasteiger partial charge in [-0.25, -0.2) is 8.42 Å². The summed E-state index contributed by atoms with van der Waals surface area (Å²) in [5.41, 5.74) is 0.490. The maximum absolute atomic E-state index is 12.8. The molecule has 1 aromatic carbocycles. The highest BCUT2D eigenvalue weighted by Crippen LogP contribution is 2.21. The van der Waals surface area contributed by atoms with Crippen LogP contribution in [-0.4, -0.2) is 74.0 Å². The summed E-state index contributed by atoms with van der Waals surface area (Å²) in [5.74, 6) is 0.694.